The van der Waals surface area contributed by atoms with Crippen LogP contribution in [-0.2, 0) is 17.6 Å². The molecule has 1 amide bonds. The highest BCUT2D eigenvalue weighted by Crippen LogP contribution is 2.46. The van der Waals surface area contributed by atoms with Gasteiger partial charge in [0.05, 0.1) is 39.8 Å². The van der Waals surface area contributed by atoms with Crippen LogP contribution >= 0.6 is 11.6 Å². The summed E-state index contributed by atoms with van der Waals surface area (Å²) in [5.74, 6) is 2.43. The van der Waals surface area contributed by atoms with Gasteiger partial charge in [-0.25, -0.2) is 0 Å². The maximum Gasteiger partial charge on any atom is 0.224 e. The van der Waals surface area contributed by atoms with E-state index < -0.39 is 0 Å². The number of nitriles is 2. The average molecular weight is 522 g/mol. The second-order valence-electron chi connectivity index (χ2n) is 9.50. The molecule has 1 fully saturated rings. The molecule has 1 aliphatic carbocycles. The van der Waals surface area contributed by atoms with Crippen LogP contribution in [0.4, 0.5) is 5.69 Å². The Morgan fingerprint density at radius 3 is 2.59 bits per heavy atom. The molecule has 37 heavy (non-hydrogen) atoms. The smallest absolute Gasteiger partial charge is 0.224 e. The topological polar surface area (TPSA) is 129 Å². The monoisotopic (exact) mass is 521 g/mol. The highest BCUT2D eigenvalue weighted by molar-refractivity contribution is 6.33. The van der Waals surface area contributed by atoms with Crippen LogP contribution in [0.2, 0.25) is 5.02 Å². The third kappa shape index (κ3) is 8.20. The van der Waals surface area contributed by atoms with Gasteiger partial charge in [-0.2, -0.15) is 10.5 Å². The van der Waals surface area contributed by atoms with Gasteiger partial charge >= 0.3 is 0 Å². The quantitative estimate of drug-likeness (QED) is 0.279. The number of carbonyl (C=O) groups is 1. The molecule has 9 heteroatoms. The first-order valence-electron chi connectivity index (χ1n) is 12.7. The molecule has 0 unspecified atom stereocenters. The zero-order valence-corrected chi connectivity index (χ0v) is 22.3. The second kappa shape index (κ2) is 13.6. The number of anilines is 1. The van der Waals surface area contributed by atoms with Gasteiger partial charge in [0.25, 0.3) is 0 Å². The number of carbonyl (C=O) groups excluding carboxylic acids is 1. The number of nitrogens with zero attached hydrogens (tertiary/aromatic N) is 4. The van der Waals surface area contributed by atoms with Crippen molar-refractivity contribution in [2.75, 3.05) is 5.32 Å². The van der Waals surface area contributed by atoms with Crippen LogP contribution in [0.25, 0.3) is 11.5 Å². The highest BCUT2D eigenvalue weighted by Gasteiger charge is 2.34. The number of nitrogens with one attached hydrogen (secondary N) is 1. The zero-order valence-electron chi connectivity index (χ0n) is 21.5. The van der Waals surface area contributed by atoms with E-state index >= 15 is 0 Å². The van der Waals surface area contributed by atoms with Crippen LogP contribution < -0.4 is 5.32 Å². The van der Waals surface area contributed by atoms with Crippen molar-refractivity contribution in [3.63, 3.8) is 0 Å². The maximum atomic E-state index is 11.1. The number of hydrogen-bond donors (Lipinski definition) is 1. The molecule has 2 heterocycles. The average Bonchev–Trinajstić information content (AvgIpc) is 3.47. The number of aromatic nitrogens is 2. The van der Waals surface area contributed by atoms with E-state index in [4.69, 9.17) is 31.2 Å². The van der Waals surface area contributed by atoms with Gasteiger partial charge in [0.15, 0.2) is 0 Å². The number of amides is 1. The Balaban J connectivity index is 0.000000233. The van der Waals surface area contributed by atoms with E-state index in [1.165, 1.54) is 24.5 Å². The summed E-state index contributed by atoms with van der Waals surface area (Å²) in [7, 11) is 0. The molecule has 0 saturated heterocycles. The predicted molar refractivity (Wildman–Crippen MR) is 141 cm³/mol. The van der Waals surface area contributed by atoms with E-state index in [1.807, 2.05) is 12.1 Å². The van der Waals surface area contributed by atoms with E-state index in [2.05, 4.69) is 35.5 Å². The van der Waals surface area contributed by atoms with Gasteiger partial charge in [-0.05, 0) is 68.6 Å². The van der Waals surface area contributed by atoms with Crippen molar-refractivity contribution in [3.8, 4) is 23.7 Å². The van der Waals surface area contributed by atoms with E-state index in [0.717, 1.165) is 42.8 Å². The molecule has 194 valence electrons. The molecular weight excluding hydrogens is 490 g/mol. The Labute approximate surface area is 222 Å². The van der Waals surface area contributed by atoms with Crippen LogP contribution in [0.5, 0.6) is 0 Å². The molecule has 1 aromatic carbocycles. The third-order valence-corrected chi connectivity index (χ3v) is 6.15. The van der Waals surface area contributed by atoms with Gasteiger partial charge < -0.3 is 14.4 Å². The lowest BCUT2D eigenvalue weighted by atomic mass is 10.0. The van der Waals surface area contributed by atoms with Gasteiger partial charge in [-0.3, -0.25) is 4.79 Å². The number of benzene rings is 1. The summed E-state index contributed by atoms with van der Waals surface area (Å²) in [5, 5.41) is 28.7. The van der Waals surface area contributed by atoms with Crippen LogP contribution in [0.3, 0.4) is 0 Å². The predicted octanol–water partition coefficient (Wildman–Crippen LogP) is 7.20. The number of halogens is 1. The minimum atomic E-state index is -0.100. The molecule has 2 aromatic heterocycles. The van der Waals surface area contributed by atoms with Crippen molar-refractivity contribution in [1.82, 2.24) is 10.3 Å². The van der Waals surface area contributed by atoms with Crippen LogP contribution in [0.15, 0.2) is 33.3 Å². The fourth-order valence-corrected chi connectivity index (χ4v) is 4.06. The summed E-state index contributed by atoms with van der Waals surface area (Å²) in [6.07, 6.45) is 7.01. The molecule has 0 radical (unpaired) electrons. The number of aryl methyl sites for hydroxylation is 1. The molecule has 1 aliphatic rings. The molecule has 0 bridgehead atoms. The van der Waals surface area contributed by atoms with Gasteiger partial charge in [0.2, 0.25) is 17.4 Å². The maximum absolute atomic E-state index is 11.1. The fraction of sp³-hybridized carbons (Fsp3) is 0.464. The molecule has 0 spiro atoms. The van der Waals surface area contributed by atoms with Crippen LogP contribution in [-0.4, -0.2) is 16.2 Å². The number of rotatable bonds is 10. The third-order valence-electron chi connectivity index (χ3n) is 5.83. The molecule has 0 atom stereocenters. The van der Waals surface area contributed by atoms with E-state index in [0.29, 0.717) is 46.7 Å². The Bertz CT molecular complexity index is 1280. The Morgan fingerprint density at radius 2 is 1.97 bits per heavy atom. The first kappa shape index (κ1) is 28.0. The van der Waals surface area contributed by atoms with Gasteiger partial charge in [-0.15, -0.1) is 0 Å². The summed E-state index contributed by atoms with van der Waals surface area (Å²) in [5.41, 5.74) is 4.21. The molecular formula is C28H32ClN5O3. The number of unbranched alkanes of at least 4 members (excludes halogenated alkanes) is 2. The summed E-state index contributed by atoms with van der Waals surface area (Å²) >= 11 is 5.84. The van der Waals surface area contributed by atoms with Gasteiger partial charge in [-0.1, -0.05) is 42.7 Å². The summed E-state index contributed by atoms with van der Waals surface area (Å²) < 4.78 is 11.1. The largest absolute Gasteiger partial charge is 0.353 e. The highest BCUT2D eigenvalue weighted by atomic mass is 35.5. The second-order valence-corrected chi connectivity index (χ2v) is 9.91. The van der Waals surface area contributed by atoms with E-state index in [9.17, 15) is 4.79 Å². The molecule has 0 aliphatic heterocycles. The Kier molecular flexibility index (Phi) is 10.3. The van der Waals surface area contributed by atoms with Crippen molar-refractivity contribution in [2.24, 2.45) is 5.92 Å². The molecule has 3 aromatic rings. The molecule has 8 nitrogen and oxygen atoms in total. The van der Waals surface area contributed by atoms with Crippen molar-refractivity contribution >= 4 is 23.2 Å². The molecule has 1 saturated carbocycles. The van der Waals surface area contributed by atoms with Crippen molar-refractivity contribution in [3.05, 3.63) is 51.8 Å². The van der Waals surface area contributed by atoms with Crippen LogP contribution in [0.1, 0.15) is 87.7 Å². The SMILES string of the molecule is CC(C)Cc1cc(-c2onc(CCCCC#N)c2C2CC2)on1.CCC(=O)Nc1ccc(C#N)cc1Cl. The summed E-state index contributed by atoms with van der Waals surface area (Å²) in [6, 6.07) is 10.9. The minimum Gasteiger partial charge on any atom is -0.353 e. The van der Waals surface area contributed by atoms with Crippen molar-refractivity contribution < 1.29 is 13.8 Å². The molecule has 4 rings (SSSR count). The number of hydrogen-bond acceptors (Lipinski definition) is 7. The fourth-order valence-electron chi connectivity index (χ4n) is 3.84. The Hall–Kier alpha value is -3.62. The molecule has 1 N–H and O–H groups in total. The van der Waals surface area contributed by atoms with E-state index in [1.54, 1.807) is 19.1 Å². The van der Waals surface area contributed by atoms with Crippen molar-refractivity contribution in [1.29, 1.82) is 10.5 Å². The first-order chi connectivity index (χ1) is 17.9. The lowest BCUT2D eigenvalue weighted by Gasteiger charge is -2.05. The summed E-state index contributed by atoms with van der Waals surface area (Å²) in [6.45, 7) is 6.09. The Morgan fingerprint density at radius 1 is 1.19 bits per heavy atom. The van der Waals surface area contributed by atoms with Crippen molar-refractivity contribution in [2.45, 2.75) is 78.1 Å². The van der Waals surface area contributed by atoms with Gasteiger partial charge in [0.1, 0.15) is 0 Å². The van der Waals surface area contributed by atoms with E-state index in [-0.39, 0.29) is 5.91 Å². The lowest BCUT2D eigenvalue weighted by molar-refractivity contribution is -0.115. The van der Waals surface area contributed by atoms with Gasteiger partial charge in [0, 0.05) is 24.5 Å². The lowest BCUT2D eigenvalue weighted by Crippen LogP contribution is -2.09. The van der Waals surface area contributed by atoms with Crippen LogP contribution in [0, 0.1) is 28.6 Å². The first-order valence-corrected chi connectivity index (χ1v) is 13.0. The minimum absolute atomic E-state index is 0.100. The standard InChI is InChI=1S/C18H23N3O2.C10H9ClN2O/c1-12(2)10-14-11-16(22-20-14)18-17(13-7-8-13)15(21-23-18)6-4-3-5-9-19;1-2-10(14)13-9-4-3-7(6-12)5-8(9)11/h11-13H,3-8,10H2,1-2H3;3-5H,2H2,1H3,(H,13,14). The summed E-state index contributed by atoms with van der Waals surface area (Å²) in [4.78, 5) is 11.1. The zero-order chi connectivity index (χ0) is 26.8. The normalized spacial score (nSPS) is 12.4.